The Hall–Kier alpha value is -2.09. The number of hydrogen-bond donors (Lipinski definition) is 1. The van der Waals surface area contributed by atoms with E-state index in [0.29, 0.717) is 11.3 Å². The number of benzene rings is 1. The molecule has 1 unspecified atom stereocenters. The fourth-order valence-electron chi connectivity index (χ4n) is 2.64. The molecule has 132 valence electrons. The van der Waals surface area contributed by atoms with E-state index in [0.717, 1.165) is 10.6 Å². The number of aryl methyl sites for hydroxylation is 1. The highest BCUT2D eigenvalue weighted by molar-refractivity contribution is 7.89. The van der Waals surface area contributed by atoms with Crippen molar-refractivity contribution in [3.63, 3.8) is 0 Å². The Morgan fingerprint density at radius 1 is 1.24 bits per heavy atom. The molecule has 2 heterocycles. The average molecular weight is 377 g/mol. The van der Waals surface area contributed by atoms with Crippen LogP contribution in [0.5, 0.6) is 5.75 Å². The largest absolute Gasteiger partial charge is 0.497 e. The van der Waals surface area contributed by atoms with E-state index in [-0.39, 0.29) is 17.4 Å². The van der Waals surface area contributed by atoms with Crippen LogP contribution in [0.15, 0.2) is 63.4 Å². The molecule has 0 fully saturated rings. The molecule has 0 amide bonds. The summed E-state index contributed by atoms with van der Waals surface area (Å²) in [6, 6.07) is 12.5. The summed E-state index contributed by atoms with van der Waals surface area (Å²) >= 11 is 1.57. The smallest absolute Gasteiger partial charge is 0.240 e. The molecule has 3 rings (SSSR count). The van der Waals surface area contributed by atoms with Crippen molar-refractivity contribution in [2.24, 2.45) is 0 Å². The van der Waals surface area contributed by atoms with Crippen LogP contribution in [-0.4, -0.2) is 22.1 Å². The molecule has 0 bridgehead atoms. The van der Waals surface area contributed by atoms with Crippen LogP contribution in [0, 0.1) is 6.92 Å². The molecular weight excluding hydrogens is 358 g/mol. The van der Waals surface area contributed by atoms with Gasteiger partial charge >= 0.3 is 0 Å². The maximum atomic E-state index is 12.7. The maximum Gasteiger partial charge on any atom is 0.240 e. The fraction of sp³-hybridized carbons (Fsp3) is 0.222. The molecule has 0 radical (unpaired) electrons. The van der Waals surface area contributed by atoms with Crippen molar-refractivity contribution in [1.29, 1.82) is 0 Å². The highest BCUT2D eigenvalue weighted by Crippen LogP contribution is 2.29. The van der Waals surface area contributed by atoms with Crippen LogP contribution in [-0.2, 0) is 10.0 Å². The van der Waals surface area contributed by atoms with Gasteiger partial charge in [-0.1, -0.05) is 6.07 Å². The highest BCUT2D eigenvalue weighted by Gasteiger charge is 2.23. The normalized spacial score (nSPS) is 12.9. The van der Waals surface area contributed by atoms with E-state index in [1.807, 2.05) is 23.6 Å². The number of methoxy groups -OCH3 is 1. The quantitative estimate of drug-likeness (QED) is 0.680. The lowest BCUT2D eigenvalue weighted by Gasteiger charge is -2.15. The average Bonchev–Trinajstić information content (AvgIpc) is 3.28. The minimum absolute atomic E-state index is 0.164. The van der Waals surface area contributed by atoms with E-state index in [2.05, 4.69) is 4.72 Å². The van der Waals surface area contributed by atoms with Crippen molar-refractivity contribution in [2.45, 2.75) is 17.7 Å². The molecule has 1 N–H and O–H groups in total. The third-order valence-corrected chi connectivity index (χ3v) is 6.49. The Morgan fingerprint density at radius 2 is 2.08 bits per heavy atom. The summed E-state index contributed by atoms with van der Waals surface area (Å²) in [4.78, 5) is 1.29. The maximum absolute atomic E-state index is 12.7. The van der Waals surface area contributed by atoms with Crippen LogP contribution >= 0.6 is 11.3 Å². The summed E-state index contributed by atoms with van der Waals surface area (Å²) in [6.07, 6.45) is 1.60. The van der Waals surface area contributed by atoms with Crippen molar-refractivity contribution >= 4 is 21.4 Å². The lowest BCUT2D eigenvalue weighted by molar-refractivity contribution is 0.414. The SMILES string of the molecule is COc1ccc(S(=O)(=O)NCC(c2ccco2)c2cccs2)c(C)c1. The van der Waals surface area contributed by atoms with E-state index in [1.165, 1.54) is 0 Å². The number of hydrogen-bond acceptors (Lipinski definition) is 5. The first-order chi connectivity index (χ1) is 12.0. The van der Waals surface area contributed by atoms with Gasteiger partial charge in [0.05, 0.1) is 24.2 Å². The molecule has 5 nitrogen and oxygen atoms in total. The van der Waals surface area contributed by atoms with Gasteiger partial charge in [-0.05, 0) is 54.3 Å². The molecule has 0 aliphatic carbocycles. The highest BCUT2D eigenvalue weighted by atomic mass is 32.2. The third kappa shape index (κ3) is 3.95. The molecule has 7 heteroatoms. The number of ether oxygens (including phenoxy) is 1. The van der Waals surface area contributed by atoms with Crippen LogP contribution in [0.2, 0.25) is 0 Å². The van der Waals surface area contributed by atoms with Crippen molar-refractivity contribution in [2.75, 3.05) is 13.7 Å². The molecule has 25 heavy (non-hydrogen) atoms. The summed E-state index contributed by atoms with van der Waals surface area (Å²) in [5.74, 6) is 1.20. The van der Waals surface area contributed by atoms with Gasteiger partial charge in [0.25, 0.3) is 0 Å². The van der Waals surface area contributed by atoms with Crippen LogP contribution in [0.25, 0.3) is 0 Å². The molecule has 0 aliphatic rings. The second-order valence-corrected chi connectivity index (χ2v) is 8.28. The number of furan rings is 1. The van der Waals surface area contributed by atoms with Gasteiger partial charge in [-0.3, -0.25) is 0 Å². The van der Waals surface area contributed by atoms with Gasteiger partial charge in [-0.2, -0.15) is 0 Å². The summed E-state index contributed by atoms with van der Waals surface area (Å²) in [6.45, 7) is 1.97. The van der Waals surface area contributed by atoms with Crippen molar-refractivity contribution in [3.05, 3.63) is 70.3 Å². The molecule has 0 saturated carbocycles. The Bertz CT molecular complexity index is 882. The van der Waals surface area contributed by atoms with Crippen molar-refractivity contribution < 1.29 is 17.6 Å². The summed E-state index contributed by atoms with van der Waals surface area (Å²) in [5.41, 5.74) is 0.637. The zero-order chi connectivity index (χ0) is 17.9. The first-order valence-corrected chi connectivity index (χ1v) is 10.1. The molecular formula is C18H19NO4S2. The predicted octanol–water partition coefficient (Wildman–Crippen LogP) is 3.77. The molecule has 1 atom stereocenters. The minimum Gasteiger partial charge on any atom is -0.497 e. The van der Waals surface area contributed by atoms with Crippen LogP contribution in [0.4, 0.5) is 0 Å². The van der Waals surface area contributed by atoms with Crippen LogP contribution in [0.1, 0.15) is 22.1 Å². The van der Waals surface area contributed by atoms with Gasteiger partial charge < -0.3 is 9.15 Å². The summed E-state index contributed by atoms with van der Waals surface area (Å²) < 4.78 is 38.8. The van der Waals surface area contributed by atoms with Crippen LogP contribution in [0.3, 0.4) is 0 Å². The van der Waals surface area contributed by atoms with Gasteiger partial charge in [0.1, 0.15) is 11.5 Å². The van der Waals surface area contributed by atoms with Gasteiger partial charge in [-0.25, -0.2) is 13.1 Å². The summed E-state index contributed by atoms with van der Waals surface area (Å²) in [7, 11) is -2.08. The van der Waals surface area contributed by atoms with Gasteiger partial charge in [0, 0.05) is 11.4 Å². The van der Waals surface area contributed by atoms with Gasteiger partial charge in [0.15, 0.2) is 0 Å². The molecule has 0 spiro atoms. The third-order valence-electron chi connectivity index (χ3n) is 3.92. The lowest BCUT2D eigenvalue weighted by atomic mass is 10.1. The number of thiophene rings is 1. The second-order valence-electron chi connectivity index (χ2n) is 5.57. The van der Waals surface area contributed by atoms with Gasteiger partial charge in [0.2, 0.25) is 10.0 Å². The molecule has 3 aromatic rings. The minimum atomic E-state index is -3.64. The zero-order valence-electron chi connectivity index (χ0n) is 13.9. The predicted molar refractivity (Wildman–Crippen MR) is 97.8 cm³/mol. The zero-order valence-corrected chi connectivity index (χ0v) is 15.6. The fourth-order valence-corrected chi connectivity index (χ4v) is 4.75. The molecule has 0 saturated heterocycles. The Morgan fingerprint density at radius 3 is 2.68 bits per heavy atom. The molecule has 1 aromatic carbocycles. The second kappa shape index (κ2) is 7.43. The lowest BCUT2D eigenvalue weighted by Crippen LogP contribution is -2.29. The standard InChI is InChI=1S/C18H19NO4S2/c1-13-11-14(22-2)7-8-18(13)25(20,21)19-12-15(16-5-3-9-23-16)17-6-4-10-24-17/h3-11,15,19H,12H2,1-2H3. The Balaban J connectivity index is 1.83. The van der Waals surface area contributed by atoms with Crippen molar-refractivity contribution in [1.82, 2.24) is 4.72 Å². The molecule has 2 aromatic heterocycles. The Kier molecular flexibility index (Phi) is 5.27. The molecule has 0 aliphatic heterocycles. The first kappa shape index (κ1) is 17.7. The Labute approximate surface area is 151 Å². The van der Waals surface area contributed by atoms with E-state index in [1.54, 1.807) is 55.9 Å². The first-order valence-electron chi connectivity index (χ1n) is 7.72. The monoisotopic (exact) mass is 377 g/mol. The number of sulfonamides is 1. The van der Waals surface area contributed by atoms with Crippen molar-refractivity contribution in [3.8, 4) is 5.75 Å². The van der Waals surface area contributed by atoms with E-state index in [9.17, 15) is 8.42 Å². The van der Waals surface area contributed by atoms with E-state index >= 15 is 0 Å². The number of nitrogens with one attached hydrogen (secondary N) is 1. The van der Waals surface area contributed by atoms with E-state index < -0.39 is 10.0 Å². The summed E-state index contributed by atoms with van der Waals surface area (Å²) in [5, 5.41) is 1.97. The topological polar surface area (TPSA) is 68.5 Å². The number of rotatable bonds is 7. The van der Waals surface area contributed by atoms with Gasteiger partial charge in [-0.15, -0.1) is 11.3 Å². The van der Waals surface area contributed by atoms with E-state index in [4.69, 9.17) is 9.15 Å². The van der Waals surface area contributed by atoms with Crippen LogP contribution < -0.4 is 9.46 Å².